The maximum atomic E-state index is 8.45. The van der Waals surface area contributed by atoms with Crippen LogP contribution in [-0.4, -0.2) is 11.4 Å². The molecule has 0 bridgehead atoms. The van der Waals surface area contributed by atoms with E-state index in [1.165, 1.54) is 0 Å². The molecule has 1 N–H and O–H groups in total. The third kappa shape index (κ3) is 2.27. The molecule has 1 radical (unpaired) electrons. The number of rotatable bonds is 4. The molecule has 0 saturated carbocycles. The summed E-state index contributed by atoms with van der Waals surface area (Å²) in [7, 11) is 0. The predicted octanol–water partition coefficient (Wildman–Crippen LogP) is 2.50. The van der Waals surface area contributed by atoms with Gasteiger partial charge in [-0.1, -0.05) is 27.7 Å². The van der Waals surface area contributed by atoms with Gasteiger partial charge in [0.1, 0.15) is 0 Å². The van der Waals surface area contributed by atoms with Crippen molar-refractivity contribution in [1.82, 2.24) is 0 Å². The highest BCUT2D eigenvalue weighted by molar-refractivity contribution is 4.77. The van der Waals surface area contributed by atoms with E-state index < -0.39 is 0 Å². The van der Waals surface area contributed by atoms with Crippen LogP contribution in [-0.2, 0) is 4.89 Å². The largest absolute Gasteiger partial charge is 0.252 e. The Balaban J connectivity index is 3.97. The molecule has 2 heteroatoms. The van der Waals surface area contributed by atoms with Gasteiger partial charge in [-0.25, -0.2) is 4.89 Å². The van der Waals surface area contributed by atoms with E-state index in [0.717, 1.165) is 6.42 Å². The van der Waals surface area contributed by atoms with Crippen LogP contribution in [0.3, 0.4) is 0 Å². The summed E-state index contributed by atoms with van der Waals surface area (Å²) >= 11 is 0. The van der Waals surface area contributed by atoms with E-state index >= 15 is 0 Å². The van der Waals surface area contributed by atoms with Crippen molar-refractivity contribution in [2.24, 2.45) is 5.41 Å². The molecule has 0 aliphatic carbocycles. The molecule has 0 rings (SSSR count). The maximum absolute atomic E-state index is 8.45. The standard InChI is InChI=1S/C8H17O2/c1-5-7(10-9)8(3,4)6-2/h7,9H,1,5-6H2,2-4H3. The van der Waals surface area contributed by atoms with Crippen molar-refractivity contribution < 1.29 is 10.1 Å². The van der Waals surface area contributed by atoms with Gasteiger partial charge in [0.2, 0.25) is 0 Å². The van der Waals surface area contributed by atoms with E-state index in [-0.39, 0.29) is 11.5 Å². The average molecular weight is 145 g/mol. The second-order valence-electron chi connectivity index (χ2n) is 3.22. The predicted molar refractivity (Wildman–Crippen MR) is 41.5 cm³/mol. The molecule has 0 aromatic carbocycles. The van der Waals surface area contributed by atoms with Crippen LogP contribution in [0.4, 0.5) is 0 Å². The molecule has 0 aromatic heterocycles. The van der Waals surface area contributed by atoms with Gasteiger partial charge in [0.15, 0.2) is 0 Å². The van der Waals surface area contributed by atoms with Crippen LogP contribution in [0.25, 0.3) is 0 Å². The molecule has 0 aliphatic heterocycles. The Bertz CT molecular complexity index is 85.3. The van der Waals surface area contributed by atoms with Gasteiger partial charge in [-0.15, -0.1) is 0 Å². The normalized spacial score (nSPS) is 15.3. The number of hydrogen-bond donors (Lipinski definition) is 1. The molecule has 0 heterocycles. The van der Waals surface area contributed by atoms with Crippen molar-refractivity contribution >= 4 is 0 Å². The second-order valence-corrected chi connectivity index (χ2v) is 3.22. The van der Waals surface area contributed by atoms with Crippen LogP contribution < -0.4 is 0 Å². The summed E-state index contributed by atoms with van der Waals surface area (Å²) in [5.41, 5.74) is 0.0243. The zero-order valence-electron chi connectivity index (χ0n) is 7.05. The highest BCUT2D eigenvalue weighted by Crippen LogP contribution is 2.28. The van der Waals surface area contributed by atoms with E-state index in [0.29, 0.717) is 6.42 Å². The van der Waals surface area contributed by atoms with Crippen molar-refractivity contribution in [1.29, 1.82) is 0 Å². The van der Waals surface area contributed by atoms with Crippen molar-refractivity contribution in [2.45, 2.75) is 39.7 Å². The Labute approximate surface area is 63.1 Å². The first-order chi connectivity index (χ1) is 4.58. The van der Waals surface area contributed by atoms with Gasteiger partial charge in [0.05, 0.1) is 6.10 Å². The molecule has 1 atom stereocenters. The third-order valence-electron chi connectivity index (χ3n) is 2.17. The first-order valence-corrected chi connectivity index (χ1v) is 3.68. The monoisotopic (exact) mass is 145 g/mol. The fourth-order valence-corrected chi connectivity index (χ4v) is 0.814. The van der Waals surface area contributed by atoms with Crippen molar-refractivity contribution in [3.63, 3.8) is 0 Å². The van der Waals surface area contributed by atoms with Gasteiger partial charge in [0, 0.05) is 0 Å². The quantitative estimate of drug-likeness (QED) is 0.486. The van der Waals surface area contributed by atoms with E-state index in [1.807, 2.05) is 0 Å². The molecule has 0 saturated heterocycles. The first kappa shape index (κ1) is 9.92. The fraction of sp³-hybridized carbons (Fsp3) is 0.875. The van der Waals surface area contributed by atoms with Crippen LogP contribution in [0.15, 0.2) is 0 Å². The molecule has 0 aliphatic rings. The van der Waals surface area contributed by atoms with Gasteiger partial charge in [-0.2, -0.15) is 0 Å². The smallest absolute Gasteiger partial charge is 0.0977 e. The molecule has 0 spiro atoms. The molecular weight excluding hydrogens is 128 g/mol. The van der Waals surface area contributed by atoms with Crippen LogP contribution >= 0.6 is 0 Å². The van der Waals surface area contributed by atoms with Gasteiger partial charge in [-0.3, -0.25) is 5.26 Å². The summed E-state index contributed by atoms with van der Waals surface area (Å²) in [6.07, 6.45) is 1.45. The molecule has 10 heavy (non-hydrogen) atoms. The molecule has 0 amide bonds. The SMILES string of the molecule is [CH2]CC(OO)C(C)(C)CC. The molecule has 0 aromatic rings. The van der Waals surface area contributed by atoms with Crippen molar-refractivity contribution in [2.75, 3.05) is 0 Å². The molecule has 0 fully saturated rings. The lowest BCUT2D eigenvalue weighted by molar-refractivity contribution is -0.300. The van der Waals surface area contributed by atoms with E-state index in [2.05, 4.69) is 32.6 Å². The van der Waals surface area contributed by atoms with E-state index in [9.17, 15) is 0 Å². The van der Waals surface area contributed by atoms with E-state index in [4.69, 9.17) is 5.26 Å². The summed E-state index contributed by atoms with van der Waals surface area (Å²) in [5, 5.41) is 8.45. The maximum Gasteiger partial charge on any atom is 0.0977 e. The fourth-order valence-electron chi connectivity index (χ4n) is 0.814. The highest BCUT2D eigenvalue weighted by atomic mass is 17.1. The van der Waals surface area contributed by atoms with Crippen molar-refractivity contribution in [3.8, 4) is 0 Å². The summed E-state index contributed by atoms with van der Waals surface area (Å²) in [6, 6.07) is 0. The lowest BCUT2D eigenvalue weighted by atomic mass is 9.83. The minimum Gasteiger partial charge on any atom is -0.252 e. The Morgan fingerprint density at radius 2 is 2.10 bits per heavy atom. The Hall–Kier alpha value is -0.0800. The topological polar surface area (TPSA) is 29.5 Å². The van der Waals surface area contributed by atoms with Gasteiger partial charge < -0.3 is 0 Å². The summed E-state index contributed by atoms with van der Waals surface area (Å²) in [5.74, 6) is 0. The summed E-state index contributed by atoms with van der Waals surface area (Å²) in [4.78, 5) is 4.29. The summed E-state index contributed by atoms with van der Waals surface area (Å²) in [6.45, 7) is 9.87. The Kier molecular flexibility index (Phi) is 3.91. The second kappa shape index (κ2) is 3.94. The minimum atomic E-state index is -0.141. The lowest BCUT2D eigenvalue weighted by Gasteiger charge is -2.29. The number of hydrogen-bond acceptors (Lipinski definition) is 2. The van der Waals surface area contributed by atoms with Gasteiger partial charge >= 0.3 is 0 Å². The highest BCUT2D eigenvalue weighted by Gasteiger charge is 2.27. The zero-order chi connectivity index (χ0) is 8.20. The van der Waals surface area contributed by atoms with Crippen LogP contribution in [0.5, 0.6) is 0 Å². The summed E-state index contributed by atoms with van der Waals surface area (Å²) < 4.78 is 0. The van der Waals surface area contributed by atoms with Crippen LogP contribution in [0.1, 0.15) is 33.6 Å². The van der Waals surface area contributed by atoms with Crippen LogP contribution in [0.2, 0.25) is 0 Å². The third-order valence-corrected chi connectivity index (χ3v) is 2.17. The lowest BCUT2D eigenvalue weighted by Crippen LogP contribution is -2.29. The molecule has 61 valence electrons. The molecular formula is C8H17O2. The first-order valence-electron chi connectivity index (χ1n) is 3.68. The average Bonchev–Trinajstić information content (AvgIpc) is 1.90. The minimum absolute atomic E-state index is 0.0243. The molecule has 2 nitrogen and oxygen atoms in total. The van der Waals surface area contributed by atoms with Crippen molar-refractivity contribution in [3.05, 3.63) is 6.92 Å². The zero-order valence-corrected chi connectivity index (χ0v) is 7.05. The van der Waals surface area contributed by atoms with E-state index in [1.54, 1.807) is 0 Å². The van der Waals surface area contributed by atoms with Gasteiger partial charge in [-0.05, 0) is 18.3 Å². The molecule has 1 unspecified atom stereocenters. The Morgan fingerprint density at radius 3 is 2.20 bits per heavy atom. The Morgan fingerprint density at radius 1 is 1.60 bits per heavy atom. The van der Waals surface area contributed by atoms with Crippen LogP contribution in [0, 0.1) is 12.3 Å². The van der Waals surface area contributed by atoms with Gasteiger partial charge in [0.25, 0.3) is 0 Å².